The molecule has 116 valence electrons. The number of carbonyl (C=O) groups excluding carboxylic acids is 1. The van der Waals surface area contributed by atoms with Crippen LogP contribution in [-0.4, -0.2) is 40.9 Å². The van der Waals surface area contributed by atoms with E-state index in [0.29, 0.717) is 0 Å². The summed E-state index contributed by atoms with van der Waals surface area (Å²) in [6.45, 7) is 1.54. The van der Waals surface area contributed by atoms with Gasteiger partial charge in [-0.25, -0.2) is 4.79 Å². The van der Waals surface area contributed by atoms with Gasteiger partial charge in [0, 0.05) is 17.7 Å². The van der Waals surface area contributed by atoms with Crippen LogP contribution in [-0.2, 0) is 9.53 Å². The van der Waals surface area contributed by atoms with Gasteiger partial charge in [0.25, 0.3) is 0 Å². The first kappa shape index (κ1) is 17.2. The van der Waals surface area contributed by atoms with Crippen LogP contribution in [0, 0.1) is 10.1 Å². The van der Waals surface area contributed by atoms with E-state index in [-0.39, 0.29) is 22.9 Å². The van der Waals surface area contributed by atoms with Crippen LogP contribution >= 0.6 is 11.6 Å². The summed E-state index contributed by atoms with van der Waals surface area (Å²) < 4.78 is 9.36. The van der Waals surface area contributed by atoms with Crippen LogP contribution in [0.15, 0.2) is 12.1 Å². The minimum atomic E-state index is -1.91. The van der Waals surface area contributed by atoms with Gasteiger partial charge in [0.05, 0.1) is 23.7 Å². The number of hydrogen-bond acceptors (Lipinski definition) is 7. The van der Waals surface area contributed by atoms with Crippen LogP contribution in [0.3, 0.4) is 0 Å². The lowest BCUT2D eigenvalue weighted by Crippen LogP contribution is -2.30. The molecule has 0 aliphatic heterocycles. The van der Waals surface area contributed by atoms with E-state index in [1.54, 1.807) is 0 Å². The number of methoxy groups -OCH3 is 1. The smallest absolute Gasteiger partial charge is 0.338 e. The number of rotatable bonds is 6. The van der Waals surface area contributed by atoms with Gasteiger partial charge in [0.2, 0.25) is 0 Å². The van der Waals surface area contributed by atoms with Gasteiger partial charge in [-0.1, -0.05) is 11.6 Å². The Kier molecular flexibility index (Phi) is 5.89. The third kappa shape index (κ3) is 3.81. The molecule has 9 heteroatoms. The zero-order valence-electron chi connectivity index (χ0n) is 11.3. The highest BCUT2D eigenvalue weighted by atomic mass is 35.5. The summed E-state index contributed by atoms with van der Waals surface area (Å²) in [7, 11) is 1.22. The molecule has 1 rings (SSSR count). The lowest BCUT2D eigenvalue weighted by atomic mass is 10.0. The summed E-state index contributed by atoms with van der Waals surface area (Å²) in [5, 5.41) is 30.4. The third-order valence-electron chi connectivity index (χ3n) is 2.64. The summed E-state index contributed by atoms with van der Waals surface area (Å²) in [6.07, 6.45) is -3.67. The largest absolute Gasteiger partial charge is 0.490 e. The monoisotopic (exact) mass is 319 g/mol. The molecule has 1 aromatic carbocycles. The number of aliphatic hydroxyl groups is 2. The molecule has 0 spiro atoms. The number of aliphatic hydroxyl groups excluding tert-OH is 2. The van der Waals surface area contributed by atoms with Crippen molar-refractivity contribution >= 4 is 23.3 Å². The number of benzene rings is 1. The predicted molar refractivity (Wildman–Crippen MR) is 72.3 cm³/mol. The fraction of sp³-hybridized carbons (Fsp3) is 0.417. The molecule has 8 nitrogen and oxygen atoms in total. The van der Waals surface area contributed by atoms with Crippen molar-refractivity contribution in [3.8, 4) is 5.75 Å². The molecule has 0 saturated heterocycles. The zero-order valence-corrected chi connectivity index (χ0v) is 12.0. The Morgan fingerprint density at radius 1 is 1.48 bits per heavy atom. The average molecular weight is 320 g/mol. The molecule has 2 unspecified atom stereocenters. The van der Waals surface area contributed by atoms with Crippen LogP contribution in [0.4, 0.5) is 5.69 Å². The van der Waals surface area contributed by atoms with Crippen molar-refractivity contribution in [2.24, 2.45) is 0 Å². The van der Waals surface area contributed by atoms with Gasteiger partial charge in [0.15, 0.2) is 11.9 Å². The number of carbonyl (C=O) groups is 1. The van der Waals surface area contributed by atoms with E-state index in [1.165, 1.54) is 14.0 Å². The highest BCUT2D eigenvalue weighted by molar-refractivity contribution is 6.31. The highest BCUT2D eigenvalue weighted by Gasteiger charge is 2.31. The molecule has 0 saturated carbocycles. The topological polar surface area (TPSA) is 119 Å². The molecule has 2 N–H and O–H groups in total. The van der Waals surface area contributed by atoms with E-state index >= 15 is 0 Å². The number of halogens is 1. The Hall–Kier alpha value is -1.90. The van der Waals surface area contributed by atoms with Gasteiger partial charge in [-0.05, 0) is 6.92 Å². The van der Waals surface area contributed by atoms with Crippen molar-refractivity contribution in [2.45, 2.75) is 19.1 Å². The number of nitro benzene ring substituents is 1. The molecular formula is C12H14ClNO7. The molecule has 21 heavy (non-hydrogen) atoms. The van der Waals surface area contributed by atoms with Gasteiger partial charge in [0.1, 0.15) is 6.10 Å². The molecule has 0 aliphatic rings. The fourth-order valence-electron chi connectivity index (χ4n) is 1.62. The minimum absolute atomic E-state index is 0.0130. The van der Waals surface area contributed by atoms with Gasteiger partial charge < -0.3 is 19.7 Å². The quantitative estimate of drug-likeness (QED) is 0.459. The first-order valence-corrected chi connectivity index (χ1v) is 6.25. The number of ether oxygens (including phenoxy) is 2. The van der Waals surface area contributed by atoms with E-state index in [2.05, 4.69) is 4.74 Å². The Balaban J connectivity index is 3.20. The van der Waals surface area contributed by atoms with Crippen molar-refractivity contribution in [1.29, 1.82) is 0 Å². The summed E-state index contributed by atoms with van der Waals surface area (Å²) in [4.78, 5) is 21.6. The normalized spacial score (nSPS) is 13.4. The van der Waals surface area contributed by atoms with Crippen molar-refractivity contribution < 1.29 is 29.4 Å². The molecule has 1 aromatic rings. The number of esters is 1. The van der Waals surface area contributed by atoms with Crippen molar-refractivity contribution in [2.75, 3.05) is 13.7 Å². The second kappa shape index (κ2) is 7.21. The lowest BCUT2D eigenvalue weighted by molar-refractivity contribution is -0.385. The maximum atomic E-state index is 11.4. The maximum absolute atomic E-state index is 11.4. The molecule has 0 fully saturated rings. The first-order chi connectivity index (χ1) is 9.83. The second-order valence-corrected chi connectivity index (χ2v) is 4.35. The van der Waals surface area contributed by atoms with E-state index in [4.69, 9.17) is 16.3 Å². The molecule has 0 radical (unpaired) electrons. The maximum Gasteiger partial charge on any atom is 0.338 e. The molecule has 2 atom stereocenters. The number of hydrogen-bond donors (Lipinski definition) is 2. The SMILES string of the molecule is CCOC(=O)C(O)C(O)c1cc([N+](=O)[O-])c(OC)cc1Cl. The van der Waals surface area contributed by atoms with Crippen molar-refractivity contribution in [3.63, 3.8) is 0 Å². The van der Waals surface area contributed by atoms with E-state index in [9.17, 15) is 25.1 Å². The summed E-state index contributed by atoms with van der Waals surface area (Å²) in [5.74, 6) is -1.16. The van der Waals surface area contributed by atoms with Crippen molar-refractivity contribution in [3.05, 3.63) is 32.8 Å². The Morgan fingerprint density at radius 3 is 2.57 bits per heavy atom. The van der Waals surface area contributed by atoms with Gasteiger partial charge in [-0.3, -0.25) is 10.1 Å². The number of nitro groups is 1. The Morgan fingerprint density at radius 2 is 2.10 bits per heavy atom. The van der Waals surface area contributed by atoms with Gasteiger partial charge in [-0.15, -0.1) is 0 Å². The average Bonchev–Trinajstić information content (AvgIpc) is 2.45. The zero-order chi connectivity index (χ0) is 16.2. The predicted octanol–water partition coefficient (Wildman–Crippen LogP) is 1.21. The fourth-order valence-corrected chi connectivity index (χ4v) is 1.88. The molecule has 0 aliphatic carbocycles. The van der Waals surface area contributed by atoms with Crippen LogP contribution in [0.2, 0.25) is 5.02 Å². The Labute approximate surface area is 125 Å². The van der Waals surface area contributed by atoms with Crippen LogP contribution in [0.5, 0.6) is 5.75 Å². The summed E-state index contributed by atoms with van der Waals surface area (Å²) >= 11 is 5.88. The molecule has 0 heterocycles. The van der Waals surface area contributed by atoms with Crippen LogP contribution < -0.4 is 4.74 Å². The second-order valence-electron chi connectivity index (χ2n) is 3.94. The van der Waals surface area contributed by atoms with E-state index < -0.39 is 28.8 Å². The molecule has 0 bridgehead atoms. The van der Waals surface area contributed by atoms with E-state index in [1.807, 2.05) is 0 Å². The van der Waals surface area contributed by atoms with Gasteiger partial charge >= 0.3 is 11.7 Å². The van der Waals surface area contributed by atoms with Crippen LogP contribution in [0.1, 0.15) is 18.6 Å². The third-order valence-corrected chi connectivity index (χ3v) is 2.97. The molecule has 0 aromatic heterocycles. The van der Waals surface area contributed by atoms with E-state index in [0.717, 1.165) is 12.1 Å². The lowest BCUT2D eigenvalue weighted by Gasteiger charge is -2.18. The Bertz CT molecular complexity index is 549. The number of nitrogens with zero attached hydrogens (tertiary/aromatic N) is 1. The standard InChI is InChI=1S/C12H14ClNO7/c1-3-21-12(17)11(16)10(15)6-4-8(14(18)19)9(20-2)5-7(6)13/h4-5,10-11,15-16H,3H2,1-2H3. The first-order valence-electron chi connectivity index (χ1n) is 5.88. The molecule has 0 amide bonds. The van der Waals surface area contributed by atoms with Gasteiger partial charge in [-0.2, -0.15) is 0 Å². The molecular weight excluding hydrogens is 306 g/mol. The van der Waals surface area contributed by atoms with Crippen LogP contribution in [0.25, 0.3) is 0 Å². The van der Waals surface area contributed by atoms with Crippen molar-refractivity contribution in [1.82, 2.24) is 0 Å². The highest BCUT2D eigenvalue weighted by Crippen LogP contribution is 2.36. The summed E-state index contributed by atoms with van der Waals surface area (Å²) in [5.41, 5.74) is -0.628. The minimum Gasteiger partial charge on any atom is -0.490 e. The summed E-state index contributed by atoms with van der Waals surface area (Å²) in [6, 6.07) is 2.06.